The number of hydrogen-bond acceptors (Lipinski definition) is 5. The Morgan fingerprint density at radius 1 is 0.900 bits per heavy atom. The number of imide groups is 1. The third-order valence-electron chi connectivity index (χ3n) is 4.57. The Kier molecular flexibility index (Phi) is 4.88. The zero-order chi connectivity index (χ0) is 21.4. The van der Waals surface area contributed by atoms with Crippen LogP contribution in [-0.4, -0.2) is 22.6 Å². The van der Waals surface area contributed by atoms with Crippen LogP contribution in [-0.2, 0) is 0 Å². The van der Waals surface area contributed by atoms with Gasteiger partial charge in [-0.1, -0.05) is 15.9 Å². The summed E-state index contributed by atoms with van der Waals surface area (Å²) in [6.07, 6.45) is 0. The lowest BCUT2D eigenvalue weighted by molar-refractivity contribution is -0.384. The summed E-state index contributed by atoms with van der Waals surface area (Å²) in [5.74, 6) is -1.57. The lowest BCUT2D eigenvalue weighted by atomic mass is 10.1. The molecule has 0 saturated carbocycles. The minimum absolute atomic E-state index is 0.0989. The van der Waals surface area contributed by atoms with E-state index in [-0.39, 0.29) is 28.1 Å². The van der Waals surface area contributed by atoms with E-state index in [1.54, 1.807) is 24.3 Å². The smallest absolute Gasteiger partial charge is 0.269 e. The molecule has 30 heavy (non-hydrogen) atoms. The van der Waals surface area contributed by atoms with Gasteiger partial charge in [0.05, 0.1) is 21.7 Å². The number of nitro groups is 1. The summed E-state index contributed by atoms with van der Waals surface area (Å²) in [7, 11) is 0. The SMILES string of the molecule is O=C(Nc1ccc(Br)cc1)c1ccc2c(c1)C(=O)N(c1ccc([N+](=O)[O-])cc1)C2=O. The summed E-state index contributed by atoms with van der Waals surface area (Å²) in [6, 6.07) is 16.4. The van der Waals surface area contributed by atoms with Crippen molar-refractivity contribution in [1.29, 1.82) is 0 Å². The highest BCUT2D eigenvalue weighted by molar-refractivity contribution is 9.10. The van der Waals surface area contributed by atoms with E-state index in [2.05, 4.69) is 21.2 Å². The first kappa shape index (κ1) is 19.5. The molecule has 0 saturated heterocycles. The van der Waals surface area contributed by atoms with Crippen LogP contribution in [0, 0.1) is 10.1 Å². The van der Waals surface area contributed by atoms with Gasteiger partial charge < -0.3 is 5.32 Å². The first-order valence-electron chi connectivity index (χ1n) is 8.69. The third-order valence-corrected chi connectivity index (χ3v) is 5.10. The maximum Gasteiger partial charge on any atom is 0.269 e. The lowest BCUT2D eigenvalue weighted by Gasteiger charge is -2.13. The van der Waals surface area contributed by atoms with Gasteiger partial charge in [0.2, 0.25) is 0 Å². The number of amides is 3. The van der Waals surface area contributed by atoms with Crippen molar-refractivity contribution in [3.8, 4) is 0 Å². The molecule has 1 heterocycles. The molecule has 0 aromatic heterocycles. The molecule has 1 aliphatic rings. The van der Waals surface area contributed by atoms with Gasteiger partial charge in [0, 0.05) is 27.9 Å². The molecule has 0 bridgehead atoms. The average Bonchev–Trinajstić information content (AvgIpc) is 2.99. The largest absolute Gasteiger partial charge is 0.322 e. The fraction of sp³-hybridized carbons (Fsp3) is 0. The predicted octanol–water partition coefficient (Wildman–Crippen LogP) is 4.41. The highest BCUT2D eigenvalue weighted by Crippen LogP contribution is 2.30. The van der Waals surface area contributed by atoms with E-state index >= 15 is 0 Å². The number of rotatable bonds is 4. The van der Waals surface area contributed by atoms with Crippen LogP contribution in [0.4, 0.5) is 17.1 Å². The van der Waals surface area contributed by atoms with E-state index in [9.17, 15) is 24.5 Å². The van der Waals surface area contributed by atoms with Crippen LogP contribution in [0.25, 0.3) is 0 Å². The van der Waals surface area contributed by atoms with Gasteiger partial charge in [-0.15, -0.1) is 0 Å². The molecule has 1 N–H and O–H groups in total. The van der Waals surface area contributed by atoms with Crippen molar-refractivity contribution >= 4 is 50.7 Å². The van der Waals surface area contributed by atoms with Crippen LogP contribution >= 0.6 is 15.9 Å². The fourth-order valence-corrected chi connectivity index (χ4v) is 3.34. The van der Waals surface area contributed by atoms with Crippen molar-refractivity contribution in [2.24, 2.45) is 0 Å². The summed E-state index contributed by atoms with van der Waals surface area (Å²) in [5.41, 5.74) is 1.14. The van der Waals surface area contributed by atoms with Gasteiger partial charge >= 0.3 is 0 Å². The Labute approximate surface area is 178 Å². The number of nitrogens with one attached hydrogen (secondary N) is 1. The number of hydrogen-bond donors (Lipinski definition) is 1. The second-order valence-corrected chi connectivity index (χ2v) is 7.36. The van der Waals surface area contributed by atoms with Gasteiger partial charge in [-0.2, -0.15) is 0 Å². The first-order valence-corrected chi connectivity index (χ1v) is 9.48. The van der Waals surface area contributed by atoms with E-state index in [4.69, 9.17) is 0 Å². The monoisotopic (exact) mass is 465 g/mol. The highest BCUT2D eigenvalue weighted by atomic mass is 79.9. The topological polar surface area (TPSA) is 110 Å². The summed E-state index contributed by atoms with van der Waals surface area (Å²) in [4.78, 5) is 49.2. The van der Waals surface area contributed by atoms with Crippen LogP contribution in [0.5, 0.6) is 0 Å². The van der Waals surface area contributed by atoms with Gasteiger partial charge in [0.25, 0.3) is 23.4 Å². The van der Waals surface area contributed by atoms with E-state index in [1.807, 2.05) is 0 Å². The number of nitro benzene ring substituents is 1. The fourth-order valence-electron chi connectivity index (χ4n) is 3.08. The Balaban J connectivity index is 1.60. The maximum absolute atomic E-state index is 12.8. The van der Waals surface area contributed by atoms with Gasteiger partial charge in [-0.05, 0) is 54.6 Å². The van der Waals surface area contributed by atoms with E-state index in [0.29, 0.717) is 5.69 Å². The van der Waals surface area contributed by atoms with Crippen LogP contribution < -0.4 is 10.2 Å². The Morgan fingerprint density at radius 3 is 2.17 bits per heavy atom. The Morgan fingerprint density at radius 2 is 1.53 bits per heavy atom. The molecule has 0 unspecified atom stereocenters. The normalized spacial score (nSPS) is 12.6. The first-order chi connectivity index (χ1) is 14.3. The Bertz CT molecular complexity index is 1210. The summed E-state index contributed by atoms with van der Waals surface area (Å²) >= 11 is 3.32. The minimum atomic E-state index is -0.595. The molecule has 3 amide bonds. The predicted molar refractivity (Wildman–Crippen MR) is 113 cm³/mol. The summed E-state index contributed by atoms with van der Waals surface area (Å²) < 4.78 is 0.869. The molecule has 9 heteroatoms. The lowest BCUT2D eigenvalue weighted by Crippen LogP contribution is -2.29. The number of halogens is 1. The van der Waals surface area contributed by atoms with Gasteiger partial charge in [0.1, 0.15) is 0 Å². The zero-order valence-electron chi connectivity index (χ0n) is 15.2. The molecule has 0 fully saturated rings. The van der Waals surface area contributed by atoms with E-state index in [0.717, 1.165) is 9.37 Å². The second-order valence-electron chi connectivity index (χ2n) is 6.44. The van der Waals surface area contributed by atoms with Crippen LogP contribution in [0.1, 0.15) is 31.1 Å². The van der Waals surface area contributed by atoms with Gasteiger partial charge in [0.15, 0.2) is 0 Å². The minimum Gasteiger partial charge on any atom is -0.322 e. The third kappa shape index (κ3) is 3.46. The van der Waals surface area contributed by atoms with Crippen molar-refractivity contribution in [1.82, 2.24) is 0 Å². The number of carbonyl (C=O) groups excluding carboxylic acids is 3. The van der Waals surface area contributed by atoms with E-state index < -0.39 is 22.6 Å². The Hall–Kier alpha value is -3.85. The van der Waals surface area contributed by atoms with Gasteiger partial charge in [-0.3, -0.25) is 24.5 Å². The molecule has 3 aromatic carbocycles. The number of carbonyl (C=O) groups is 3. The molecule has 1 aliphatic heterocycles. The van der Waals surface area contributed by atoms with Crippen LogP contribution in [0.15, 0.2) is 71.2 Å². The molecule has 0 aliphatic carbocycles. The summed E-state index contributed by atoms with van der Waals surface area (Å²) in [6.45, 7) is 0. The van der Waals surface area contributed by atoms with Crippen molar-refractivity contribution in [3.05, 3.63) is 98.0 Å². The molecule has 3 aromatic rings. The number of non-ortho nitro benzene ring substituents is 1. The van der Waals surface area contributed by atoms with Crippen LogP contribution in [0.2, 0.25) is 0 Å². The summed E-state index contributed by atoms with van der Waals surface area (Å²) in [5, 5.41) is 13.5. The molecule has 148 valence electrons. The number of fused-ring (bicyclic) bond motifs is 1. The van der Waals surface area contributed by atoms with Crippen molar-refractivity contribution < 1.29 is 19.3 Å². The number of anilines is 2. The van der Waals surface area contributed by atoms with E-state index in [1.165, 1.54) is 42.5 Å². The van der Waals surface area contributed by atoms with Crippen molar-refractivity contribution in [3.63, 3.8) is 0 Å². The molecular formula is C21H12BrN3O5. The zero-order valence-corrected chi connectivity index (χ0v) is 16.8. The molecule has 4 rings (SSSR count). The molecule has 8 nitrogen and oxygen atoms in total. The number of nitrogens with zero attached hydrogens (tertiary/aromatic N) is 2. The maximum atomic E-state index is 12.8. The van der Waals surface area contributed by atoms with Crippen LogP contribution in [0.3, 0.4) is 0 Å². The second kappa shape index (κ2) is 7.53. The van der Waals surface area contributed by atoms with Crippen molar-refractivity contribution in [2.75, 3.05) is 10.2 Å². The standard InChI is InChI=1S/C21H12BrN3O5/c22-13-2-4-14(5-3-13)23-19(26)12-1-10-17-18(11-12)21(28)24(20(17)27)15-6-8-16(9-7-15)25(29)30/h1-11H,(H,23,26). The molecular weight excluding hydrogens is 454 g/mol. The quantitative estimate of drug-likeness (QED) is 0.348. The van der Waals surface area contributed by atoms with Crippen molar-refractivity contribution in [2.45, 2.75) is 0 Å². The molecule has 0 radical (unpaired) electrons. The number of benzene rings is 3. The average molecular weight is 466 g/mol. The molecule has 0 atom stereocenters. The highest BCUT2D eigenvalue weighted by Gasteiger charge is 2.37. The van der Waals surface area contributed by atoms with Gasteiger partial charge in [-0.25, -0.2) is 4.90 Å². The molecule has 0 spiro atoms.